The quantitative estimate of drug-likeness (QED) is 0.566. The first kappa shape index (κ1) is 13.8. The van der Waals surface area contributed by atoms with Crippen molar-refractivity contribution in [1.82, 2.24) is 0 Å². The first-order valence-electron chi connectivity index (χ1n) is 3.27. The number of allylic oxidation sites excluding steroid dienone is 2. The van der Waals surface area contributed by atoms with Crippen LogP contribution in [0.4, 0.5) is 0 Å². The van der Waals surface area contributed by atoms with Crippen molar-refractivity contribution in [2.45, 2.75) is 0 Å². The largest absolute Gasteiger partial charge is 0.359 e. The molecule has 0 saturated heterocycles. The Kier molecular flexibility index (Phi) is 6.65. The molecule has 0 aliphatic carbocycles. The Balaban J connectivity index is 5.07. The second-order valence-electron chi connectivity index (χ2n) is 1.98. The Morgan fingerprint density at radius 1 is 1.23 bits per heavy atom. The molecule has 0 unspecified atom stereocenters. The second-order valence-corrected chi connectivity index (χ2v) is 5.24. The van der Waals surface area contributed by atoms with Crippen molar-refractivity contribution in [3.63, 3.8) is 0 Å². The highest BCUT2D eigenvalue weighted by atomic mass is 35.5. The van der Waals surface area contributed by atoms with Crippen molar-refractivity contribution < 1.29 is 13.6 Å². The summed E-state index contributed by atoms with van der Waals surface area (Å²) in [7, 11) is -0.814. The number of hydrogen-bond donors (Lipinski definition) is 0. The molecule has 0 saturated carbocycles. The molecule has 3 nitrogen and oxygen atoms in total. The summed E-state index contributed by atoms with van der Waals surface area (Å²) in [5.74, 6) is -0.00910. The third-order valence-electron chi connectivity index (χ3n) is 1.37. The SMILES string of the molecule is COP(=O)(OC)/C(CCl)=C(/Cl)CCl. The van der Waals surface area contributed by atoms with E-state index >= 15 is 0 Å². The maximum absolute atomic E-state index is 11.8. The zero-order valence-electron chi connectivity index (χ0n) is 7.22. The molecule has 0 radical (unpaired) electrons. The van der Waals surface area contributed by atoms with Crippen LogP contribution in [0.25, 0.3) is 0 Å². The normalized spacial score (nSPS) is 14.2. The maximum Gasteiger partial charge on any atom is 0.359 e. The fourth-order valence-corrected chi connectivity index (χ4v) is 3.08. The van der Waals surface area contributed by atoms with Crippen LogP contribution in [0.15, 0.2) is 10.3 Å². The van der Waals surface area contributed by atoms with Crippen molar-refractivity contribution in [3.05, 3.63) is 10.3 Å². The van der Waals surface area contributed by atoms with Crippen molar-refractivity contribution in [2.75, 3.05) is 26.0 Å². The van der Waals surface area contributed by atoms with Gasteiger partial charge >= 0.3 is 7.60 Å². The predicted octanol–water partition coefficient (Wildman–Crippen LogP) is 3.40. The molecule has 0 amide bonds. The Bertz CT molecular complexity index is 233. The highest BCUT2D eigenvalue weighted by Crippen LogP contribution is 2.56. The van der Waals surface area contributed by atoms with Crippen LogP contribution in [-0.4, -0.2) is 26.0 Å². The van der Waals surface area contributed by atoms with E-state index in [1.165, 1.54) is 14.2 Å². The van der Waals surface area contributed by atoms with E-state index in [0.717, 1.165) is 0 Å². The molecular weight excluding hydrogens is 257 g/mol. The summed E-state index contributed by atoms with van der Waals surface area (Å²) in [4.78, 5) is 0. The van der Waals surface area contributed by atoms with Gasteiger partial charge in [0.15, 0.2) is 0 Å². The Labute approximate surface area is 92.5 Å². The Morgan fingerprint density at radius 3 is 1.92 bits per heavy atom. The highest BCUT2D eigenvalue weighted by Gasteiger charge is 2.29. The van der Waals surface area contributed by atoms with Crippen LogP contribution in [0.1, 0.15) is 0 Å². The average molecular weight is 267 g/mol. The van der Waals surface area contributed by atoms with Gasteiger partial charge in [0.2, 0.25) is 0 Å². The lowest BCUT2D eigenvalue weighted by Crippen LogP contribution is -1.97. The average Bonchev–Trinajstić information content (AvgIpc) is 2.18. The maximum atomic E-state index is 11.8. The zero-order chi connectivity index (χ0) is 10.5. The van der Waals surface area contributed by atoms with E-state index in [2.05, 4.69) is 0 Å². The lowest BCUT2D eigenvalue weighted by Gasteiger charge is -2.16. The van der Waals surface area contributed by atoms with Gasteiger partial charge < -0.3 is 9.05 Å². The van der Waals surface area contributed by atoms with Gasteiger partial charge in [-0.1, -0.05) is 11.6 Å². The molecule has 0 aromatic carbocycles. The summed E-state index contributed by atoms with van der Waals surface area (Å²) in [5, 5.41) is 0.402. The van der Waals surface area contributed by atoms with Crippen LogP contribution in [0, 0.1) is 0 Å². The van der Waals surface area contributed by atoms with Gasteiger partial charge in [0, 0.05) is 19.3 Å². The summed E-state index contributed by atoms with van der Waals surface area (Å²) in [5.41, 5.74) is 0. The van der Waals surface area contributed by atoms with Crippen LogP contribution in [0.3, 0.4) is 0 Å². The molecule has 0 heterocycles. The molecule has 78 valence electrons. The van der Waals surface area contributed by atoms with Gasteiger partial charge in [0.05, 0.1) is 17.1 Å². The number of halogens is 3. The molecule has 0 bridgehead atoms. The van der Waals surface area contributed by atoms with Gasteiger partial charge in [-0.3, -0.25) is 4.57 Å². The lowest BCUT2D eigenvalue weighted by molar-refractivity contribution is 0.283. The van der Waals surface area contributed by atoms with Crippen LogP contribution >= 0.6 is 42.4 Å². The molecule has 0 rings (SSSR count). The minimum Gasteiger partial charge on any atom is -0.309 e. The molecule has 0 spiro atoms. The number of hydrogen-bond acceptors (Lipinski definition) is 3. The van der Waals surface area contributed by atoms with E-state index in [4.69, 9.17) is 43.9 Å². The van der Waals surface area contributed by atoms with Crippen molar-refractivity contribution in [1.29, 1.82) is 0 Å². The first-order chi connectivity index (χ1) is 6.05. The molecule has 0 aliphatic rings. The van der Waals surface area contributed by atoms with E-state index < -0.39 is 7.60 Å². The zero-order valence-corrected chi connectivity index (χ0v) is 10.4. The molecule has 0 atom stereocenters. The monoisotopic (exact) mass is 266 g/mol. The van der Waals surface area contributed by atoms with Crippen molar-refractivity contribution in [3.8, 4) is 0 Å². The molecule has 0 aliphatic heterocycles. The van der Waals surface area contributed by atoms with Gasteiger partial charge in [0.1, 0.15) is 0 Å². The third kappa shape index (κ3) is 3.43. The summed E-state index contributed by atoms with van der Waals surface area (Å²) in [6.07, 6.45) is 0. The Hall–Kier alpha value is 0.760. The molecule has 0 fully saturated rings. The van der Waals surface area contributed by atoms with Crippen molar-refractivity contribution in [2.24, 2.45) is 0 Å². The van der Waals surface area contributed by atoms with Crippen LogP contribution < -0.4 is 0 Å². The molecule has 13 heavy (non-hydrogen) atoms. The summed E-state index contributed by atoms with van der Waals surface area (Å²) >= 11 is 16.7. The minimum absolute atomic E-state index is 0.0281. The summed E-state index contributed by atoms with van der Waals surface area (Å²) in [6, 6.07) is 0. The number of rotatable bonds is 5. The fourth-order valence-electron chi connectivity index (χ4n) is 0.666. The van der Waals surface area contributed by atoms with Gasteiger partial charge in [-0.05, 0) is 0 Å². The molecular formula is C6H10Cl3O3P. The van der Waals surface area contributed by atoms with E-state index in [-0.39, 0.29) is 22.1 Å². The Morgan fingerprint density at radius 2 is 1.69 bits per heavy atom. The van der Waals surface area contributed by atoms with E-state index in [0.29, 0.717) is 0 Å². The third-order valence-corrected chi connectivity index (χ3v) is 4.77. The standard InChI is InChI=1S/C6H10Cl3O3P/c1-11-13(10,12-2)6(4-8)5(9)3-7/h3-4H2,1-2H3/b6-5+. The van der Waals surface area contributed by atoms with Gasteiger partial charge in [-0.25, -0.2) is 0 Å². The van der Waals surface area contributed by atoms with E-state index in [1.807, 2.05) is 0 Å². The van der Waals surface area contributed by atoms with Gasteiger partial charge in [0.25, 0.3) is 0 Å². The van der Waals surface area contributed by atoms with E-state index in [9.17, 15) is 4.57 Å². The first-order valence-corrected chi connectivity index (χ1v) is 6.26. The van der Waals surface area contributed by atoms with Crippen LogP contribution in [-0.2, 0) is 13.6 Å². The van der Waals surface area contributed by atoms with Crippen molar-refractivity contribution >= 4 is 42.4 Å². The summed E-state index contributed by atoms with van der Waals surface area (Å²) in [6.45, 7) is 0. The predicted molar refractivity (Wildman–Crippen MR) is 55.9 cm³/mol. The molecule has 0 aromatic rings. The fraction of sp³-hybridized carbons (Fsp3) is 0.667. The highest BCUT2D eigenvalue weighted by molar-refractivity contribution is 7.58. The molecule has 7 heteroatoms. The van der Waals surface area contributed by atoms with Gasteiger partial charge in [-0.15, -0.1) is 23.2 Å². The van der Waals surface area contributed by atoms with E-state index in [1.54, 1.807) is 0 Å². The summed E-state index contributed by atoms with van der Waals surface area (Å²) < 4.78 is 21.2. The molecule has 0 N–H and O–H groups in total. The minimum atomic E-state index is -3.33. The smallest absolute Gasteiger partial charge is 0.309 e. The van der Waals surface area contributed by atoms with Gasteiger partial charge in [-0.2, -0.15) is 0 Å². The molecule has 0 aromatic heterocycles. The second kappa shape index (κ2) is 6.28. The topological polar surface area (TPSA) is 35.5 Å². The number of alkyl halides is 2. The lowest BCUT2D eigenvalue weighted by atomic mass is 10.6. The van der Waals surface area contributed by atoms with Crippen LogP contribution in [0.5, 0.6) is 0 Å². The van der Waals surface area contributed by atoms with Crippen LogP contribution in [0.2, 0.25) is 0 Å².